The summed E-state index contributed by atoms with van der Waals surface area (Å²) in [5, 5.41) is 11.3. The minimum Gasteiger partial charge on any atom is -0.494 e. The van der Waals surface area contributed by atoms with E-state index in [1.165, 1.54) is 19.2 Å². The molecule has 1 aromatic heterocycles. The van der Waals surface area contributed by atoms with E-state index >= 15 is 0 Å². The average molecular weight is 378 g/mol. The molecule has 0 spiro atoms. The Hall–Kier alpha value is -2.42. The van der Waals surface area contributed by atoms with Crippen molar-refractivity contribution in [3.05, 3.63) is 60.0 Å². The molecule has 26 heavy (non-hydrogen) atoms. The van der Waals surface area contributed by atoms with Crippen LogP contribution in [-0.4, -0.2) is 31.7 Å². The van der Waals surface area contributed by atoms with Crippen LogP contribution in [0.2, 0.25) is 0 Å². The third kappa shape index (κ3) is 3.44. The second kappa shape index (κ2) is 7.06. The summed E-state index contributed by atoms with van der Waals surface area (Å²) >= 11 is 0. The number of aliphatic hydroxyl groups is 1. The predicted octanol–water partition coefficient (Wildman–Crippen LogP) is 2.34. The highest BCUT2D eigenvalue weighted by Crippen LogP contribution is 2.26. The third-order valence-corrected chi connectivity index (χ3v) is 5.61. The Morgan fingerprint density at radius 1 is 1.27 bits per heavy atom. The Labute approximate surface area is 150 Å². The number of aryl methyl sites for hydroxylation is 1. The Morgan fingerprint density at radius 3 is 2.69 bits per heavy atom. The SMILES string of the molecule is COc1ccc(S(=O)(=O)NCC(O)c2cn(C)c3ccccc23)cc1F. The molecule has 0 bridgehead atoms. The largest absolute Gasteiger partial charge is 0.494 e. The van der Waals surface area contributed by atoms with Gasteiger partial charge in [0.1, 0.15) is 0 Å². The molecule has 1 unspecified atom stereocenters. The number of rotatable bonds is 6. The first kappa shape index (κ1) is 18.4. The van der Waals surface area contributed by atoms with Gasteiger partial charge in [0.25, 0.3) is 0 Å². The highest BCUT2D eigenvalue weighted by atomic mass is 32.2. The summed E-state index contributed by atoms with van der Waals surface area (Å²) in [6.07, 6.45) is 0.718. The lowest BCUT2D eigenvalue weighted by molar-refractivity contribution is 0.183. The fourth-order valence-corrected chi connectivity index (χ4v) is 3.88. The number of fused-ring (bicyclic) bond motifs is 1. The summed E-state index contributed by atoms with van der Waals surface area (Å²) in [6, 6.07) is 10.9. The summed E-state index contributed by atoms with van der Waals surface area (Å²) in [6.45, 7) is -0.232. The zero-order valence-corrected chi connectivity index (χ0v) is 15.1. The van der Waals surface area contributed by atoms with Gasteiger partial charge in [-0.1, -0.05) is 18.2 Å². The third-order valence-electron chi connectivity index (χ3n) is 4.19. The molecule has 0 radical (unpaired) electrons. The van der Waals surface area contributed by atoms with Crippen LogP contribution in [0, 0.1) is 5.82 Å². The van der Waals surface area contributed by atoms with E-state index in [1.807, 2.05) is 35.9 Å². The summed E-state index contributed by atoms with van der Waals surface area (Å²) < 4.78 is 47.4. The number of ether oxygens (including phenoxy) is 1. The van der Waals surface area contributed by atoms with E-state index in [1.54, 1.807) is 6.20 Å². The molecule has 0 saturated heterocycles. The van der Waals surface area contributed by atoms with Gasteiger partial charge in [-0.3, -0.25) is 0 Å². The fraction of sp³-hybridized carbons (Fsp3) is 0.222. The van der Waals surface area contributed by atoms with Gasteiger partial charge < -0.3 is 14.4 Å². The van der Waals surface area contributed by atoms with Crippen LogP contribution in [0.1, 0.15) is 11.7 Å². The van der Waals surface area contributed by atoms with Crippen molar-refractivity contribution in [3.63, 3.8) is 0 Å². The molecule has 0 aliphatic heterocycles. The molecule has 0 aliphatic carbocycles. The zero-order valence-electron chi connectivity index (χ0n) is 14.3. The Kier molecular flexibility index (Phi) is 4.99. The number of methoxy groups -OCH3 is 1. The topological polar surface area (TPSA) is 80.6 Å². The first-order valence-electron chi connectivity index (χ1n) is 7.88. The van der Waals surface area contributed by atoms with E-state index in [0.717, 1.165) is 17.0 Å². The maximum absolute atomic E-state index is 13.8. The van der Waals surface area contributed by atoms with Crippen LogP contribution in [0.5, 0.6) is 5.75 Å². The van der Waals surface area contributed by atoms with Gasteiger partial charge in [-0.2, -0.15) is 0 Å². The number of nitrogens with one attached hydrogen (secondary N) is 1. The number of benzene rings is 2. The minimum absolute atomic E-state index is 0.0419. The predicted molar refractivity (Wildman–Crippen MR) is 96.0 cm³/mol. The van der Waals surface area contributed by atoms with Crippen molar-refractivity contribution in [1.29, 1.82) is 0 Å². The van der Waals surface area contributed by atoms with E-state index in [2.05, 4.69) is 4.72 Å². The number of hydrogen-bond donors (Lipinski definition) is 2. The standard InChI is InChI=1S/C18H19FN2O4S/c1-21-11-14(13-5-3-4-6-16(13)21)17(22)10-20-26(23,24)12-7-8-18(25-2)15(19)9-12/h3-9,11,17,20,22H,10H2,1-2H3. The fourth-order valence-electron chi connectivity index (χ4n) is 2.83. The van der Waals surface area contributed by atoms with E-state index in [9.17, 15) is 17.9 Å². The van der Waals surface area contributed by atoms with Crippen LogP contribution in [0.25, 0.3) is 10.9 Å². The average Bonchev–Trinajstić information content (AvgIpc) is 2.97. The number of aromatic nitrogens is 1. The summed E-state index contributed by atoms with van der Waals surface area (Å²) in [5.41, 5.74) is 1.55. The molecule has 8 heteroatoms. The highest BCUT2D eigenvalue weighted by molar-refractivity contribution is 7.89. The summed E-state index contributed by atoms with van der Waals surface area (Å²) in [7, 11) is -0.823. The Morgan fingerprint density at radius 2 is 2.00 bits per heavy atom. The van der Waals surface area contributed by atoms with Crippen molar-refractivity contribution >= 4 is 20.9 Å². The molecule has 1 atom stereocenters. The number of para-hydroxylation sites is 1. The van der Waals surface area contributed by atoms with Crippen LogP contribution < -0.4 is 9.46 Å². The van der Waals surface area contributed by atoms with Gasteiger partial charge in [0, 0.05) is 36.3 Å². The van der Waals surface area contributed by atoms with E-state index < -0.39 is 21.9 Å². The minimum atomic E-state index is -3.97. The maximum Gasteiger partial charge on any atom is 0.240 e. The molecule has 6 nitrogen and oxygen atoms in total. The van der Waals surface area contributed by atoms with Crippen molar-refractivity contribution in [1.82, 2.24) is 9.29 Å². The molecule has 0 aliphatic rings. The molecular formula is C18H19FN2O4S. The first-order chi connectivity index (χ1) is 12.3. The molecule has 2 aromatic carbocycles. The van der Waals surface area contributed by atoms with Crippen LogP contribution in [0.4, 0.5) is 4.39 Å². The number of aliphatic hydroxyl groups excluding tert-OH is 1. The van der Waals surface area contributed by atoms with Crippen LogP contribution in [-0.2, 0) is 17.1 Å². The van der Waals surface area contributed by atoms with E-state index in [0.29, 0.717) is 5.56 Å². The molecule has 3 rings (SSSR count). The van der Waals surface area contributed by atoms with Gasteiger partial charge in [0.15, 0.2) is 11.6 Å². The van der Waals surface area contributed by atoms with Crippen molar-refractivity contribution in [2.75, 3.05) is 13.7 Å². The first-order valence-corrected chi connectivity index (χ1v) is 9.37. The van der Waals surface area contributed by atoms with Gasteiger partial charge >= 0.3 is 0 Å². The molecule has 0 fully saturated rings. The van der Waals surface area contributed by atoms with Gasteiger partial charge in [-0.15, -0.1) is 0 Å². The lowest BCUT2D eigenvalue weighted by Crippen LogP contribution is -2.28. The number of sulfonamides is 1. The quantitative estimate of drug-likeness (QED) is 0.690. The maximum atomic E-state index is 13.8. The number of halogens is 1. The van der Waals surface area contributed by atoms with Crippen LogP contribution in [0.3, 0.4) is 0 Å². The summed E-state index contributed by atoms with van der Waals surface area (Å²) in [4.78, 5) is -0.235. The Balaban J connectivity index is 1.80. The smallest absolute Gasteiger partial charge is 0.240 e. The molecule has 0 amide bonds. The Bertz CT molecular complexity index is 1050. The molecular weight excluding hydrogens is 359 g/mol. The second-order valence-corrected chi connectivity index (χ2v) is 7.64. The molecule has 3 aromatic rings. The van der Waals surface area contributed by atoms with Crippen LogP contribution >= 0.6 is 0 Å². The number of nitrogens with zero attached hydrogens (tertiary/aromatic N) is 1. The lowest BCUT2D eigenvalue weighted by Gasteiger charge is -2.12. The van der Waals surface area contributed by atoms with Gasteiger partial charge in [0.05, 0.1) is 18.1 Å². The van der Waals surface area contributed by atoms with E-state index in [4.69, 9.17) is 4.74 Å². The molecule has 2 N–H and O–H groups in total. The van der Waals surface area contributed by atoms with Crippen molar-refractivity contribution in [2.45, 2.75) is 11.0 Å². The van der Waals surface area contributed by atoms with Crippen LogP contribution in [0.15, 0.2) is 53.6 Å². The normalized spacial score (nSPS) is 13.1. The van der Waals surface area contributed by atoms with E-state index in [-0.39, 0.29) is 17.2 Å². The monoisotopic (exact) mass is 378 g/mol. The molecule has 0 saturated carbocycles. The van der Waals surface area contributed by atoms with Gasteiger partial charge in [-0.05, 0) is 24.3 Å². The lowest BCUT2D eigenvalue weighted by atomic mass is 10.1. The number of hydrogen-bond acceptors (Lipinski definition) is 4. The van der Waals surface area contributed by atoms with Crippen molar-refractivity contribution < 1.29 is 22.7 Å². The van der Waals surface area contributed by atoms with Crippen molar-refractivity contribution in [3.8, 4) is 5.75 Å². The zero-order chi connectivity index (χ0) is 18.9. The van der Waals surface area contributed by atoms with Gasteiger partial charge in [0.2, 0.25) is 10.0 Å². The molecule has 1 heterocycles. The van der Waals surface area contributed by atoms with Crippen molar-refractivity contribution in [2.24, 2.45) is 7.05 Å². The summed E-state index contributed by atoms with van der Waals surface area (Å²) in [5.74, 6) is -0.815. The van der Waals surface area contributed by atoms with Gasteiger partial charge in [-0.25, -0.2) is 17.5 Å². The highest BCUT2D eigenvalue weighted by Gasteiger charge is 2.20. The second-order valence-electron chi connectivity index (χ2n) is 5.88. The molecule has 138 valence electrons.